The molecular formula is C20H23N3O. The highest BCUT2D eigenvalue weighted by atomic mass is 16.5. The van der Waals surface area contributed by atoms with Gasteiger partial charge in [0.1, 0.15) is 0 Å². The number of fused-ring (bicyclic) bond motifs is 3. The molecular weight excluding hydrogens is 298 g/mol. The van der Waals surface area contributed by atoms with Gasteiger partial charge in [-0.25, -0.2) is 0 Å². The van der Waals surface area contributed by atoms with Crippen molar-refractivity contribution in [2.45, 2.75) is 44.1 Å². The number of aromatic amines is 1. The number of nitrogens with one attached hydrogen (secondary N) is 1. The molecule has 0 amide bonds. The Labute approximate surface area is 141 Å². The topological polar surface area (TPSA) is 40.6 Å². The second kappa shape index (κ2) is 4.50. The first-order valence-corrected chi connectivity index (χ1v) is 9.21. The average molecular weight is 321 g/mol. The van der Waals surface area contributed by atoms with Gasteiger partial charge in [-0.3, -0.25) is 9.89 Å². The Hall–Kier alpha value is -1.65. The molecule has 0 aliphatic carbocycles. The molecule has 7 rings (SSSR count). The van der Waals surface area contributed by atoms with Gasteiger partial charge >= 0.3 is 0 Å². The maximum absolute atomic E-state index is 5.78. The first kappa shape index (κ1) is 13.6. The van der Waals surface area contributed by atoms with Crippen LogP contribution in [0.2, 0.25) is 0 Å². The van der Waals surface area contributed by atoms with Crippen LogP contribution >= 0.6 is 0 Å². The van der Waals surface area contributed by atoms with E-state index in [1.165, 1.54) is 23.0 Å². The molecule has 6 bridgehead atoms. The lowest BCUT2D eigenvalue weighted by molar-refractivity contribution is -0.158. The fraction of sp³-hybridized carbons (Fsp3) is 0.550. The third-order valence-electron chi connectivity index (χ3n) is 7.27. The molecule has 0 spiro atoms. The standard InChI is InChI=1S/C20H23N3O/c1-10-14-9-21-20(24-2)18-12(14)7-17-19-13(8-16(18)23(10)17)11-5-3-4-6-15(11)22-19/h3-6,9-10,12,14,16-18,20,22H,7-8H2,1-2H3. The lowest BCUT2D eigenvalue weighted by Crippen LogP contribution is -2.69. The van der Waals surface area contributed by atoms with E-state index in [9.17, 15) is 0 Å². The Bertz CT molecular complexity index is 856. The summed E-state index contributed by atoms with van der Waals surface area (Å²) in [5, 5.41) is 1.42. The Kier molecular flexibility index (Phi) is 2.55. The predicted molar refractivity (Wildman–Crippen MR) is 94.2 cm³/mol. The molecule has 4 nitrogen and oxygen atoms in total. The molecule has 124 valence electrons. The normalized spacial score (nSPS) is 44.8. The van der Waals surface area contributed by atoms with Gasteiger partial charge < -0.3 is 9.72 Å². The van der Waals surface area contributed by atoms with E-state index in [1.807, 2.05) is 7.11 Å². The molecule has 3 saturated heterocycles. The number of H-pyrrole nitrogens is 1. The van der Waals surface area contributed by atoms with Crippen LogP contribution in [0.15, 0.2) is 29.3 Å². The van der Waals surface area contributed by atoms with Crippen molar-refractivity contribution in [1.29, 1.82) is 0 Å². The molecule has 1 aromatic carbocycles. The van der Waals surface area contributed by atoms with Crippen molar-refractivity contribution in [1.82, 2.24) is 9.88 Å². The summed E-state index contributed by atoms with van der Waals surface area (Å²) in [5.74, 6) is 1.85. The molecule has 0 radical (unpaired) electrons. The van der Waals surface area contributed by atoms with E-state index in [2.05, 4.69) is 47.3 Å². The van der Waals surface area contributed by atoms with E-state index in [1.54, 1.807) is 5.56 Å². The molecule has 3 fully saturated rings. The highest BCUT2D eigenvalue weighted by Crippen LogP contribution is 2.58. The van der Waals surface area contributed by atoms with Gasteiger partial charge in [0.25, 0.3) is 0 Å². The van der Waals surface area contributed by atoms with Crippen LogP contribution in [0.5, 0.6) is 0 Å². The van der Waals surface area contributed by atoms with Crippen LogP contribution in [0.25, 0.3) is 10.9 Å². The van der Waals surface area contributed by atoms with Crippen LogP contribution in [0.1, 0.15) is 30.6 Å². The van der Waals surface area contributed by atoms with Gasteiger partial charge in [-0.2, -0.15) is 0 Å². The summed E-state index contributed by atoms with van der Waals surface area (Å²) >= 11 is 0. The van der Waals surface area contributed by atoms with Crippen LogP contribution in [0.3, 0.4) is 0 Å². The van der Waals surface area contributed by atoms with Gasteiger partial charge in [0.05, 0.1) is 6.04 Å². The molecule has 5 aliphatic rings. The molecule has 24 heavy (non-hydrogen) atoms. The van der Waals surface area contributed by atoms with Crippen LogP contribution in [-0.2, 0) is 11.2 Å². The lowest BCUT2D eigenvalue weighted by Gasteiger charge is -2.64. The molecule has 1 N–H and O–H groups in total. The van der Waals surface area contributed by atoms with Gasteiger partial charge in [-0.15, -0.1) is 0 Å². The minimum Gasteiger partial charge on any atom is -0.359 e. The molecule has 1 aromatic heterocycles. The van der Waals surface area contributed by atoms with E-state index in [0.29, 0.717) is 35.9 Å². The van der Waals surface area contributed by atoms with Gasteiger partial charge in [-0.05, 0) is 37.3 Å². The fourth-order valence-corrected chi connectivity index (χ4v) is 6.39. The quantitative estimate of drug-likeness (QED) is 0.876. The summed E-state index contributed by atoms with van der Waals surface area (Å²) < 4.78 is 5.78. The predicted octanol–water partition coefficient (Wildman–Crippen LogP) is 3.15. The van der Waals surface area contributed by atoms with E-state index < -0.39 is 0 Å². The third-order valence-corrected chi connectivity index (χ3v) is 7.27. The monoisotopic (exact) mass is 321 g/mol. The Morgan fingerprint density at radius 1 is 1.29 bits per heavy atom. The Morgan fingerprint density at radius 3 is 3.04 bits per heavy atom. The summed E-state index contributed by atoms with van der Waals surface area (Å²) in [6, 6.07) is 10.5. The number of methoxy groups -OCH3 is 1. The molecule has 5 aliphatic heterocycles. The van der Waals surface area contributed by atoms with Crippen molar-refractivity contribution in [3.63, 3.8) is 0 Å². The second-order valence-corrected chi connectivity index (χ2v) is 8.02. The minimum atomic E-state index is 0.0407. The van der Waals surface area contributed by atoms with Gasteiger partial charge in [-0.1, -0.05) is 18.2 Å². The smallest absolute Gasteiger partial charge is 0.152 e. The summed E-state index contributed by atoms with van der Waals surface area (Å²) in [7, 11) is 1.82. The maximum Gasteiger partial charge on any atom is 0.152 e. The molecule has 2 aromatic rings. The van der Waals surface area contributed by atoms with Crippen LogP contribution in [-0.4, -0.2) is 41.5 Å². The molecule has 4 heteroatoms. The van der Waals surface area contributed by atoms with Crippen LogP contribution in [0.4, 0.5) is 0 Å². The summed E-state index contributed by atoms with van der Waals surface area (Å²) in [4.78, 5) is 11.3. The number of benzene rings is 1. The number of nitrogens with zero attached hydrogens (tertiary/aromatic N) is 2. The number of aromatic nitrogens is 1. The molecule has 0 saturated carbocycles. The Balaban J connectivity index is 1.56. The SMILES string of the molecule is COC1N=CC2C3CC4c5[nH]c6ccccc6c5CC(C13)N4C2C. The number of ether oxygens (including phenoxy) is 1. The van der Waals surface area contributed by atoms with Gasteiger partial charge in [0.15, 0.2) is 6.23 Å². The van der Waals surface area contributed by atoms with E-state index in [4.69, 9.17) is 9.73 Å². The molecule has 6 heterocycles. The van der Waals surface area contributed by atoms with E-state index >= 15 is 0 Å². The van der Waals surface area contributed by atoms with Gasteiger partial charge in [0, 0.05) is 53.8 Å². The number of hydrogen-bond donors (Lipinski definition) is 1. The fourth-order valence-electron chi connectivity index (χ4n) is 6.39. The number of para-hydroxylation sites is 1. The maximum atomic E-state index is 5.78. The Morgan fingerprint density at radius 2 is 2.17 bits per heavy atom. The van der Waals surface area contributed by atoms with Crippen molar-refractivity contribution in [2.24, 2.45) is 22.7 Å². The highest BCUT2D eigenvalue weighted by molar-refractivity contribution is 5.85. The molecule has 8 atom stereocenters. The van der Waals surface area contributed by atoms with Crippen molar-refractivity contribution in [3.8, 4) is 0 Å². The van der Waals surface area contributed by atoms with Crippen molar-refractivity contribution in [2.75, 3.05) is 7.11 Å². The summed E-state index contributed by atoms with van der Waals surface area (Å²) in [5.41, 5.74) is 4.32. The summed E-state index contributed by atoms with van der Waals surface area (Å²) in [6.07, 6.45) is 4.61. The number of hydrogen-bond acceptors (Lipinski definition) is 3. The lowest BCUT2D eigenvalue weighted by atomic mass is 9.58. The van der Waals surface area contributed by atoms with E-state index in [0.717, 1.165) is 6.42 Å². The van der Waals surface area contributed by atoms with E-state index in [-0.39, 0.29) is 6.23 Å². The largest absolute Gasteiger partial charge is 0.359 e. The second-order valence-electron chi connectivity index (χ2n) is 8.02. The minimum absolute atomic E-state index is 0.0407. The zero-order valence-corrected chi connectivity index (χ0v) is 14.1. The van der Waals surface area contributed by atoms with Gasteiger partial charge in [0.2, 0.25) is 0 Å². The number of rotatable bonds is 1. The van der Waals surface area contributed by atoms with Crippen LogP contribution in [0, 0.1) is 17.8 Å². The first-order chi connectivity index (χ1) is 11.8. The molecule has 8 unspecified atom stereocenters. The van der Waals surface area contributed by atoms with Crippen molar-refractivity contribution < 1.29 is 4.74 Å². The zero-order valence-electron chi connectivity index (χ0n) is 14.1. The summed E-state index contributed by atoms with van der Waals surface area (Å²) in [6.45, 7) is 2.40. The average Bonchev–Trinajstić information content (AvgIpc) is 2.98. The third kappa shape index (κ3) is 1.46. The highest BCUT2D eigenvalue weighted by Gasteiger charge is 2.60. The first-order valence-electron chi connectivity index (χ1n) is 9.21. The number of piperidine rings is 3. The zero-order chi connectivity index (χ0) is 16.0. The van der Waals surface area contributed by atoms with Crippen LogP contribution < -0.4 is 0 Å². The van der Waals surface area contributed by atoms with Crippen molar-refractivity contribution >= 4 is 17.1 Å². The number of aliphatic imine (C=N–C) groups is 1. The van der Waals surface area contributed by atoms with Crippen molar-refractivity contribution in [3.05, 3.63) is 35.5 Å².